The summed E-state index contributed by atoms with van der Waals surface area (Å²) in [6, 6.07) is 29.6. The minimum Gasteiger partial charge on any atom is -0.398 e. The Bertz CT molecular complexity index is 2260. The highest BCUT2D eigenvalue weighted by Gasteiger charge is 2.14. The zero-order valence-corrected chi connectivity index (χ0v) is 25.3. The van der Waals surface area contributed by atoms with Crippen molar-refractivity contribution < 1.29 is 25.9 Å². The first-order valence-electron chi connectivity index (χ1n) is 13.5. The van der Waals surface area contributed by atoms with Crippen LogP contribution in [0.4, 0.5) is 34.1 Å². The second-order valence-corrected chi connectivity index (χ2v) is 13.0. The zero-order valence-electron chi connectivity index (χ0n) is 23.7. The molecule has 230 valence electrons. The van der Waals surface area contributed by atoms with Crippen molar-refractivity contribution in [3.63, 3.8) is 0 Å². The van der Waals surface area contributed by atoms with E-state index in [-0.39, 0.29) is 9.79 Å². The van der Waals surface area contributed by atoms with Crippen molar-refractivity contribution in [3.8, 4) is 11.1 Å². The van der Waals surface area contributed by atoms with Crippen LogP contribution in [-0.2, 0) is 20.2 Å². The van der Waals surface area contributed by atoms with E-state index in [1.807, 2.05) is 48.5 Å². The molecule has 0 spiro atoms. The summed E-state index contributed by atoms with van der Waals surface area (Å²) < 4.78 is 64.9. The van der Waals surface area contributed by atoms with Gasteiger partial charge >= 0.3 is 0 Å². The molecule has 6 aromatic rings. The average Bonchev–Trinajstić information content (AvgIpc) is 3.04. The molecule has 0 saturated heterocycles. The molecular weight excluding hydrogens is 629 g/mol. The van der Waals surface area contributed by atoms with E-state index in [1.54, 1.807) is 24.3 Å². The molecule has 46 heavy (non-hydrogen) atoms. The van der Waals surface area contributed by atoms with E-state index in [9.17, 15) is 25.9 Å². The van der Waals surface area contributed by atoms with Crippen LogP contribution in [0.5, 0.6) is 0 Å². The summed E-state index contributed by atoms with van der Waals surface area (Å²) in [5, 5.41) is 19.3. The Balaban J connectivity index is 1.19. The number of hydrogen-bond donors (Lipinski definition) is 4. The maximum absolute atomic E-state index is 11.5. The standard InChI is InChI=1S/C32H24N6O6S2/c33-29-13-15-31(25-11-9-23(17-27(25)29)45(39,40)41)37-35-21-5-1-19(2-6-21)20-3-7-22(8-4-20)36-38-32-16-14-30(34)28-18-24(46(42,43)44)10-12-26(28)32/h1-18H,33-34H2,(H,39,40,41)(H,42,43,44)/b37-35+,38-36+. The summed E-state index contributed by atoms with van der Waals surface area (Å²) in [4.78, 5) is -0.524. The van der Waals surface area contributed by atoms with Crippen molar-refractivity contribution >= 4 is 75.9 Å². The van der Waals surface area contributed by atoms with E-state index in [0.717, 1.165) is 11.1 Å². The molecule has 0 aliphatic rings. The third-order valence-electron chi connectivity index (χ3n) is 7.21. The van der Waals surface area contributed by atoms with Crippen LogP contribution >= 0.6 is 0 Å². The highest BCUT2D eigenvalue weighted by Crippen LogP contribution is 2.35. The lowest BCUT2D eigenvalue weighted by atomic mass is 10.1. The molecule has 0 heterocycles. The van der Waals surface area contributed by atoms with Crippen molar-refractivity contribution in [1.29, 1.82) is 0 Å². The lowest BCUT2D eigenvalue weighted by Crippen LogP contribution is -1.98. The van der Waals surface area contributed by atoms with Gasteiger partial charge in [-0.3, -0.25) is 9.11 Å². The molecule has 0 amide bonds. The van der Waals surface area contributed by atoms with E-state index in [0.29, 0.717) is 55.7 Å². The van der Waals surface area contributed by atoms with E-state index in [1.165, 1.54) is 36.4 Å². The van der Waals surface area contributed by atoms with Gasteiger partial charge in [0.25, 0.3) is 20.2 Å². The molecule has 0 saturated carbocycles. The van der Waals surface area contributed by atoms with Crippen LogP contribution in [-0.4, -0.2) is 25.9 Å². The Morgan fingerprint density at radius 3 is 1.15 bits per heavy atom. The van der Waals surface area contributed by atoms with Crippen LogP contribution in [0.1, 0.15) is 0 Å². The predicted octanol–water partition coefficient (Wildman–Crippen LogP) is 8.15. The summed E-state index contributed by atoms with van der Waals surface area (Å²) >= 11 is 0. The lowest BCUT2D eigenvalue weighted by Gasteiger charge is -2.07. The number of nitrogen functional groups attached to an aromatic ring is 2. The molecule has 0 radical (unpaired) electrons. The Morgan fingerprint density at radius 1 is 0.435 bits per heavy atom. The van der Waals surface area contributed by atoms with Crippen LogP contribution in [0.2, 0.25) is 0 Å². The lowest BCUT2D eigenvalue weighted by molar-refractivity contribution is 0.481. The molecule has 14 heteroatoms. The van der Waals surface area contributed by atoms with Gasteiger partial charge in [0.1, 0.15) is 0 Å². The maximum atomic E-state index is 11.5. The number of hydrogen-bond acceptors (Lipinski definition) is 10. The van der Waals surface area contributed by atoms with Gasteiger partial charge in [0.15, 0.2) is 0 Å². The monoisotopic (exact) mass is 652 g/mol. The Morgan fingerprint density at radius 2 is 0.804 bits per heavy atom. The van der Waals surface area contributed by atoms with Crippen LogP contribution in [0.15, 0.2) is 139 Å². The molecular formula is C32H24N6O6S2. The van der Waals surface area contributed by atoms with Crippen LogP contribution < -0.4 is 11.5 Å². The molecule has 12 nitrogen and oxygen atoms in total. The first kappa shape index (κ1) is 30.5. The van der Waals surface area contributed by atoms with E-state index < -0.39 is 20.2 Å². The largest absolute Gasteiger partial charge is 0.398 e. The van der Waals surface area contributed by atoms with Crippen LogP contribution in [0.25, 0.3) is 32.7 Å². The summed E-state index contributed by atoms with van der Waals surface area (Å²) in [6.07, 6.45) is 0. The summed E-state index contributed by atoms with van der Waals surface area (Å²) in [6.45, 7) is 0. The van der Waals surface area contributed by atoms with Gasteiger partial charge in [-0.25, -0.2) is 0 Å². The van der Waals surface area contributed by atoms with Crippen molar-refractivity contribution in [3.05, 3.63) is 109 Å². The van der Waals surface area contributed by atoms with E-state index in [4.69, 9.17) is 11.5 Å². The molecule has 0 bridgehead atoms. The number of nitrogens with zero attached hydrogens (tertiary/aromatic N) is 4. The number of azo groups is 2. The molecule has 6 aromatic carbocycles. The Labute approximate surface area is 263 Å². The average molecular weight is 653 g/mol. The normalized spacial score (nSPS) is 12.5. The highest BCUT2D eigenvalue weighted by atomic mass is 32.2. The molecule has 0 unspecified atom stereocenters. The third kappa shape index (κ3) is 6.31. The minimum absolute atomic E-state index is 0.262. The maximum Gasteiger partial charge on any atom is 0.294 e. The fourth-order valence-corrected chi connectivity index (χ4v) is 5.84. The quantitative estimate of drug-likeness (QED) is 0.0749. The minimum atomic E-state index is -4.38. The second kappa shape index (κ2) is 11.8. The summed E-state index contributed by atoms with van der Waals surface area (Å²) in [5.41, 5.74) is 16.7. The van der Waals surface area contributed by atoms with Gasteiger partial charge in [0, 0.05) is 32.9 Å². The number of nitrogens with two attached hydrogens (primary N) is 2. The number of fused-ring (bicyclic) bond motifs is 2. The topological polar surface area (TPSA) is 210 Å². The SMILES string of the molecule is Nc1ccc(/N=N/c2ccc(-c3ccc(/N=N/c4ccc(N)c5cc(S(=O)(=O)O)ccc45)cc3)cc2)c2ccc(S(=O)(=O)O)cc12. The Hall–Kier alpha value is -5.54. The van der Waals surface area contributed by atoms with Crippen LogP contribution in [0.3, 0.4) is 0 Å². The highest BCUT2D eigenvalue weighted by molar-refractivity contribution is 7.86. The first-order valence-corrected chi connectivity index (χ1v) is 16.4. The molecule has 6 N–H and O–H groups in total. The van der Waals surface area contributed by atoms with E-state index >= 15 is 0 Å². The van der Waals surface area contributed by atoms with E-state index in [2.05, 4.69) is 20.5 Å². The van der Waals surface area contributed by atoms with Crippen LogP contribution in [0, 0.1) is 0 Å². The fraction of sp³-hybridized carbons (Fsp3) is 0. The van der Waals surface area contributed by atoms with Gasteiger partial charge in [-0.2, -0.15) is 27.1 Å². The summed E-state index contributed by atoms with van der Waals surface area (Å²) in [5.74, 6) is 0. The Kier molecular flexibility index (Phi) is 7.79. The molecule has 0 aliphatic carbocycles. The summed E-state index contributed by atoms with van der Waals surface area (Å²) in [7, 11) is -8.76. The van der Waals surface area contributed by atoms with Gasteiger partial charge in [-0.05, 0) is 83.9 Å². The molecule has 0 fully saturated rings. The van der Waals surface area contributed by atoms with Gasteiger partial charge in [0.2, 0.25) is 0 Å². The van der Waals surface area contributed by atoms with Crippen molar-refractivity contribution in [2.45, 2.75) is 9.79 Å². The fourth-order valence-electron chi connectivity index (χ4n) is 4.83. The molecule has 0 aliphatic heterocycles. The molecule has 6 rings (SSSR count). The smallest absolute Gasteiger partial charge is 0.294 e. The number of benzene rings is 6. The van der Waals surface area contributed by atoms with Crippen molar-refractivity contribution in [2.75, 3.05) is 11.5 Å². The van der Waals surface area contributed by atoms with Gasteiger partial charge in [-0.1, -0.05) is 36.4 Å². The number of anilines is 2. The first-order chi connectivity index (χ1) is 21.9. The molecule has 0 atom stereocenters. The molecule has 0 aromatic heterocycles. The predicted molar refractivity (Wildman–Crippen MR) is 177 cm³/mol. The second-order valence-electron chi connectivity index (χ2n) is 10.2. The zero-order chi connectivity index (χ0) is 32.6. The van der Waals surface area contributed by atoms with Gasteiger partial charge in [-0.15, -0.1) is 10.2 Å². The van der Waals surface area contributed by atoms with Gasteiger partial charge in [0.05, 0.1) is 32.5 Å². The van der Waals surface area contributed by atoms with Crippen molar-refractivity contribution in [2.24, 2.45) is 20.5 Å². The number of rotatable bonds is 7. The van der Waals surface area contributed by atoms with Crippen molar-refractivity contribution in [1.82, 2.24) is 0 Å². The van der Waals surface area contributed by atoms with Gasteiger partial charge < -0.3 is 11.5 Å². The third-order valence-corrected chi connectivity index (χ3v) is 8.91.